The lowest BCUT2D eigenvalue weighted by Gasteiger charge is -2.26. The molecular formula is C32H34N8O3. The second-order valence-electron chi connectivity index (χ2n) is 12.4. The predicted molar refractivity (Wildman–Crippen MR) is 158 cm³/mol. The zero-order chi connectivity index (χ0) is 29.1. The lowest BCUT2D eigenvalue weighted by atomic mass is 9.85. The van der Waals surface area contributed by atoms with Crippen LogP contribution in [0.5, 0.6) is 0 Å². The number of H-pyrrole nitrogens is 1. The molecule has 2 fully saturated rings. The molecule has 1 aliphatic heterocycles. The van der Waals surface area contributed by atoms with E-state index in [9.17, 15) is 4.79 Å². The number of rotatable bonds is 6. The van der Waals surface area contributed by atoms with E-state index in [1.807, 2.05) is 18.5 Å². The zero-order valence-corrected chi connectivity index (χ0v) is 24.4. The molecule has 4 aromatic heterocycles. The summed E-state index contributed by atoms with van der Waals surface area (Å²) >= 11 is 0. The fourth-order valence-electron chi connectivity index (χ4n) is 6.55. The van der Waals surface area contributed by atoms with Crippen LogP contribution in [0.4, 0.5) is 0 Å². The molecule has 0 spiro atoms. The second kappa shape index (κ2) is 10.1. The van der Waals surface area contributed by atoms with Crippen molar-refractivity contribution in [2.45, 2.75) is 76.3 Å². The number of amides is 1. The van der Waals surface area contributed by atoms with Crippen molar-refractivity contribution in [1.29, 1.82) is 0 Å². The minimum Gasteiger partial charge on any atom is -0.381 e. The van der Waals surface area contributed by atoms with E-state index in [0.717, 1.165) is 97.4 Å². The molecule has 1 saturated carbocycles. The molecule has 43 heavy (non-hydrogen) atoms. The molecule has 3 aliphatic rings. The topological polar surface area (TPSA) is 137 Å². The first kappa shape index (κ1) is 26.3. The highest BCUT2D eigenvalue weighted by Gasteiger charge is 2.45. The first-order valence-corrected chi connectivity index (χ1v) is 15.2. The number of aromatic amines is 1. The van der Waals surface area contributed by atoms with Gasteiger partial charge in [0.15, 0.2) is 5.65 Å². The first-order valence-electron chi connectivity index (χ1n) is 15.2. The summed E-state index contributed by atoms with van der Waals surface area (Å²) in [6.07, 6.45) is 10.5. The maximum absolute atomic E-state index is 13.0. The van der Waals surface area contributed by atoms with E-state index in [4.69, 9.17) is 19.3 Å². The molecule has 5 heterocycles. The Hall–Kier alpha value is -4.38. The molecule has 1 atom stereocenters. The fraction of sp³-hybridized carbons (Fsp3) is 0.438. The van der Waals surface area contributed by atoms with Gasteiger partial charge in [-0.1, -0.05) is 30.3 Å². The number of aryl methyl sites for hydroxylation is 1. The first-order chi connectivity index (χ1) is 21.0. The van der Waals surface area contributed by atoms with E-state index >= 15 is 0 Å². The van der Waals surface area contributed by atoms with Gasteiger partial charge in [-0.2, -0.15) is 10.1 Å². The van der Waals surface area contributed by atoms with Crippen LogP contribution in [0.2, 0.25) is 0 Å². The standard InChI is InChI=1S/C32H34N8O3/c1-18-24(17-34-40(18)21-9-14-42-15-10-21)27-36-26-23(8-13-33-28(26)37-27)20-6-7-22-19(16-20)4-3-5-25(22)35-30(41)29-38-31(43-39-29)32(2)11-12-32/h6-8,13,16-17,21,25H,3-5,9-12,14-15H2,1-2H3,(H,35,41)(H,33,36,37)/t25-/m0/s1. The SMILES string of the molecule is Cc1c(-c2nc3nccc(-c4ccc5c(c4)CCC[C@@H]5NC(=O)c4noc(C5(C)CC5)n4)c3[nH]2)cnn1C1CCOCC1. The van der Waals surface area contributed by atoms with Crippen LogP contribution >= 0.6 is 0 Å². The number of carbonyl (C=O) groups excluding carboxylic acids is 1. The molecule has 8 rings (SSSR count). The smallest absolute Gasteiger partial charge is 0.293 e. The number of nitrogens with one attached hydrogen (secondary N) is 2. The van der Waals surface area contributed by atoms with Gasteiger partial charge < -0.3 is 19.6 Å². The zero-order valence-electron chi connectivity index (χ0n) is 24.4. The lowest BCUT2D eigenvalue weighted by molar-refractivity contribution is 0.0657. The van der Waals surface area contributed by atoms with Crippen LogP contribution < -0.4 is 5.32 Å². The molecule has 0 radical (unpaired) electrons. The third kappa shape index (κ3) is 4.62. The summed E-state index contributed by atoms with van der Waals surface area (Å²) in [5, 5.41) is 11.8. The van der Waals surface area contributed by atoms with Crippen molar-refractivity contribution < 1.29 is 14.1 Å². The molecule has 1 amide bonds. The van der Waals surface area contributed by atoms with Crippen LogP contribution in [-0.2, 0) is 16.6 Å². The molecule has 220 valence electrons. The van der Waals surface area contributed by atoms with E-state index < -0.39 is 0 Å². The number of aromatic nitrogens is 7. The summed E-state index contributed by atoms with van der Waals surface area (Å²) in [7, 11) is 0. The van der Waals surface area contributed by atoms with Crippen molar-refractivity contribution in [3.8, 4) is 22.5 Å². The highest BCUT2D eigenvalue weighted by atomic mass is 16.5. The van der Waals surface area contributed by atoms with Crippen LogP contribution in [0.1, 0.15) is 90.9 Å². The quantitative estimate of drug-likeness (QED) is 0.274. The number of hydrogen-bond donors (Lipinski definition) is 2. The average Bonchev–Trinajstić information content (AvgIpc) is 3.40. The van der Waals surface area contributed by atoms with Gasteiger partial charge in [0.1, 0.15) is 5.82 Å². The van der Waals surface area contributed by atoms with Crippen molar-refractivity contribution in [3.05, 3.63) is 65.2 Å². The van der Waals surface area contributed by atoms with Gasteiger partial charge >= 0.3 is 0 Å². The van der Waals surface area contributed by atoms with Gasteiger partial charge in [-0.3, -0.25) is 9.48 Å². The number of pyridine rings is 1. The van der Waals surface area contributed by atoms with E-state index in [1.165, 1.54) is 5.56 Å². The monoisotopic (exact) mass is 578 g/mol. The van der Waals surface area contributed by atoms with Gasteiger partial charge in [-0.05, 0) is 74.6 Å². The molecular weight excluding hydrogens is 544 g/mol. The van der Waals surface area contributed by atoms with Gasteiger partial charge in [-0.25, -0.2) is 9.97 Å². The van der Waals surface area contributed by atoms with Gasteiger partial charge in [-0.15, -0.1) is 0 Å². The highest BCUT2D eigenvalue weighted by molar-refractivity contribution is 5.92. The maximum Gasteiger partial charge on any atom is 0.293 e. The van der Waals surface area contributed by atoms with E-state index in [1.54, 1.807) is 0 Å². The normalized spacial score (nSPS) is 19.8. The minimum absolute atomic E-state index is 0.0707. The Morgan fingerprint density at radius 3 is 2.81 bits per heavy atom. The molecule has 1 saturated heterocycles. The Kier molecular flexibility index (Phi) is 6.18. The summed E-state index contributed by atoms with van der Waals surface area (Å²) < 4.78 is 13.0. The Balaban J connectivity index is 1.06. The fourth-order valence-corrected chi connectivity index (χ4v) is 6.55. The molecule has 11 heteroatoms. The van der Waals surface area contributed by atoms with E-state index in [0.29, 0.717) is 17.6 Å². The third-order valence-corrected chi connectivity index (χ3v) is 9.45. The largest absolute Gasteiger partial charge is 0.381 e. The summed E-state index contributed by atoms with van der Waals surface area (Å²) in [5.74, 6) is 1.14. The number of benzene rings is 1. The molecule has 2 N–H and O–H groups in total. The van der Waals surface area contributed by atoms with Crippen molar-refractivity contribution in [3.63, 3.8) is 0 Å². The molecule has 5 aromatic rings. The van der Waals surface area contributed by atoms with Crippen LogP contribution in [-0.4, -0.2) is 54.0 Å². The van der Waals surface area contributed by atoms with E-state index in [-0.39, 0.29) is 23.2 Å². The highest BCUT2D eigenvalue weighted by Crippen LogP contribution is 2.46. The average molecular weight is 579 g/mol. The number of fused-ring (bicyclic) bond motifs is 2. The van der Waals surface area contributed by atoms with Crippen LogP contribution in [0, 0.1) is 6.92 Å². The molecule has 0 bridgehead atoms. The summed E-state index contributed by atoms with van der Waals surface area (Å²) in [5.41, 5.74) is 8.07. The lowest BCUT2D eigenvalue weighted by Crippen LogP contribution is -2.31. The second-order valence-corrected chi connectivity index (χ2v) is 12.4. The number of carbonyl (C=O) groups is 1. The van der Waals surface area contributed by atoms with Crippen LogP contribution in [0.3, 0.4) is 0 Å². The molecule has 2 aliphatic carbocycles. The third-order valence-electron chi connectivity index (χ3n) is 9.45. The number of nitrogens with zero attached hydrogens (tertiary/aromatic N) is 6. The summed E-state index contributed by atoms with van der Waals surface area (Å²) in [6, 6.07) is 8.76. The minimum atomic E-state index is -0.294. The predicted octanol–water partition coefficient (Wildman–Crippen LogP) is 5.39. The molecule has 0 unspecified atom stereocenters. The maximum atomic E-state index is 13.0. The van der Waals surface area contributed by atoms with Gasteiger partial charge in [0.25, 0.3) is 11.7 Å². The van der Waals surface area contributed by atoms with Crippen molar-refractivity contribution in [2.75, 3.05) is 13.2 Å². The van der Waals surface area contributed by atoms with Gasteiger partial charge in [0.2, 0.25) is 5.89 Å². The van der Waals surface area contributed by atoms with Crippen LogP contribution in [0.25, 0.3) is 33.7 Å². The molecule has 11 nitrogen and oxygen atoms in total. The Morgan fingerprint density at radius 1 is 1.12 bits per heavy atom. The Bertz CT molecular complexity index is 1840. The Morgan fingerprint density at radius 2 is 1.98 bits per heavy atom. The van der Waals surface area contributed by atoms with Crippen LogP contribution in [0.15, 0.2) is 41.2 Å². The van der Waals surface area contributed by atoms with E-state index in [2.05, 4.69) is 62.2 Å². The number of hydrogen-bond acceptors (Lipinski definition) is 8. The van der Waals surface area contributed by atoms with Gasteiger partial charge in [0, 0.05) is 36.1 Å². The number of imidazole rings is 1. The summed E-state index contributed by atoms with van der Waals surface area (Å²) in [6.45, 7) is 5.72. The van der Waals surface area contributed by atoms with Crippen molar-refractivity contribution in [1.82, 2.24) is 40.2 Å². The van der Waals surface area contributed by atoms with Crippen molar-refractivity contribution in [2.24, 2.45) is 0 Å². The molecule has 1 aromatic carbocycles. The Labute approximate surface area is 248 Å². The van der Waals surface area contributed by atoms with Crippen molar-refractivity contribution >= 4 is 17.1 Å². The number of ether oxygens (including phenoxy) is 1. The summed E-state index contributed by atoms with van der Waals surface area (Å²) in [4.78, 5) is 30.4. The van der Waals surface area contributed by atoms with Gasteiger partial charge in [0.05, 0.1) is 29.4 Å².